The quantitative estimate of drug-likeness (QED) is 0.732. The molecule has 140 valence electrons. The van der Waals surface area contributed by atoms with Crippen LogP contribution in [0.15, 0.2) is 47.8 Å². The Bertz CT molecular complexity index is 729. The number of benzene rings is 1. The summed E-state index contributed by atoms with van der Waals surface area (Å²) < 4.78 is 28.2. The van der Waals surface area contributed by atoms with Gasteiger partial charge in [0.05, 0.1) is 26.4 Å². The fraction of sp³-hybridized carbons (Fsp3) is 0.474. The van der Waals surface area contributed by atoms with Gasteiger partial charge in [-0.05, 0) is 11.4 Å². The molecule has 4 rings (SSSR count). The highest BCUT2D eigenvalue weighted by Crippen LogP contribution is 2.63. The summed E-state index contributed by atoms with van der Waals surface area (Å²) in [5.41, 5.74) is 0. The second kappa shape index (κ2) is 8.34. The van der Waals surface area contributed by atoms with Crippen LogP contribution < -0.4 is 5.30 Å². The van der Waals surface area contributed by atoms with Gasteiger partial charge in [-0.1, -0.05) is 36.4 Å². The van der Waals surface area contributed by atoms with Crippen LogP contribution in [0, 0.1) is 0 Å². The first-order chi connectivity index (χ1) is 12.8. The van der Waals surface area contributed by atoms with Gasteiger partial charge in [0.1, 0.15) is 5.78 Å². The maximum absolute atomic E-state index is 14.9. The van der Waals surface area contributed by atoms with E-state index >= 15 is 0 Å². The molecule has 2 atom stereocenters. The molecule has 0 unspecified atom stereocenters. The average molecular weight is 392 g/mol. The van der Waals surface area contributed by atoms with Crippen LogP contribution in [0.1, 0.15) is 10.7 Å². The van der Waals surface area contributed by atoms with Gasteiger partial charge >= 0.3 is 0 Å². The van der Waals surface area contributed by atoms with Crippen molar-refractivity contribution in [2.45, 2.75) is 5.78 Å². The maximum Gasteiger partial charge on any atom is 0.200 e. The van der Waals surface area contributed by atoms with Gasteiger partial charge in [0.2, 0.25) is 7.29 Å². The van der Waals surface area contributed by atoms with E-state index in [0.29, 0.717) is 39.5 Å². The molecule has 0 amide bonds. The van der Waals surface area contributed by atoms with Crippen LogP contribution in [0.3, 0.4) is 0 Å². The Labute approximate surface area is 158 Å². The fourth-order valence-corrected chi connectivity index (χ4v) is 8.52. The summed E-state index contributed by atoms with van der Waals surface area (Å²) in [4.78, 5) is 3.53. The molecule has 26 heavy (non-hydrogen) atoms. The van der Waals surface area contributed by atoms with E-state index in [1.54, 1.807) is 11.3 Å². The first-order valence-electron chi connectivity index (χ1n) is 9.14. The molecule has 2 aromatic rings. The van der Waals surface area contributed by atoms with Crippen molar-refractivity contribution in [1.82, 2.24) is 9.57 Å². The lowest BCUT2D eigenvalue weighted by Gasteiger charge is -2.44. The van der Waals surface area contributed by atoms with Gasteiger partial charge in [-0.2, -0.15) is 0 Å². The third kappa shape index (κ3) is 3.55. The van der Waals surface area contributed by atoms with Crippen molar-refractivity contribution in [1.29, 1.82) is 0 Å². The number of ether oxygens (including phenoxy) is 2. The van der Waals surface area contributed by atoms with Crippen molar-refractivity contribution < 1.29 is 14.0 Å². The zero-order valence-electron chi connectivity index (χ0n) is 14.8. The summed E-state index contributed by atoms with van der Waals surface area (Å²) in [6, 6.07) is 14.2. The molecule has 3 heterocycles. The number of hydrogen-bond acceptors (Lipinski definition) is 5. The molecule has 0 spiro atoms. The molecule has 2 aliphatic rings. The predicted octanol–water partition coefficient (Wildman–Crippen LogP) is 3.01. The van der Waals surface area contributed by atoms with Crippen LogP contribution in [0.2, 0.25) is 0 Å². The zero-order chi connectivity index (χ0) is 17.8. The Hall–Kier alpha value is -1.01. The Balaban J connectivity index is 1.82. The lowest BCUT2D eigenvalue weighted by atomic mass is 10.3. The number of hydrogen-bond donors (Lipinski definition) is 0. The largest absolute Gasteiger partial charge is 0.379 e. The minimum absolute atomic E-state index is 0.133. The van der Waals surface area contributed by atoms with E-state index in [1.165, 1.54) is 4.88 Å². The van der Waals surface area contributed by atoms with Crippen molar-refractivity contribution in [3.8, 4) is 0 Å². The van der Waals surface area contributed by atoms with Crippen molar-refractivity contribution in [2.75, 3.05) is 52.6 Å². The Morgan fingerprint density at radius 2 is 1.54 bits per heavy atom. The van der Waals surface area contributed by atoms with E-state index in [1.807, 2.05) is 30.3 Å². The lowest BCUT2D eigenvalue weighted by molar-refractivity contribution is 0.0279. The minimum Gasteiger partial charge on any atom is -0.379 e. The molecule has 5 nitrogen and oxygen atoms in total. The molecule has 0 N–H and O–H groups in total. The topological polar surface area (TPSA) is 42.0 Å². The van der Waals surface area contributed by atoms with E-state index in [4.69, 9.17) is 9.47 Å². The van der Waals surface area contributed by atoms with E-state index in [9.17, 15) is 4.57 Å². The molecular weight excluding hydrogens is 367 g/mol. The summed E-state index contributed by atoms with van der Waals surface area (Å²) in [5, 5.41) is 3.02. The number of morpholine rings is 2. The van der Waals surface area contributed by atoms with Crippen LogP contribution in [0.25, 0.3) is 0 Å². The maximum atomic E-state index is 14.9. The molecule has 0 saturated carbocycles. The first kappa shape index (κ1) is 18.4. The van der Waals surface area contributed by atoms with Gasteiger partial charge in [-0.25, -0.2) is 4.67 Å². The fourth-order valence-electron chi connectivity index (χ4n) is 3.79. The zero-order valence-corrected chi connectivity index (χ0v) is 16.5. The Morgan fingerprint density at radius 1 is 0.885 bits per heavy atom. The van der Waals surface area contributed by atoms with E-state index in [-0.39, 0.29) is 5.78 Å². The molecule has 1 aromatic carbocycles. The smallest absolute Gasteiger partial charge is 0.200 e. The van der Waals surface area contributed by atoms with Crippen LogP contribution in [0.5, 0.6) is 0 Å². The normalized spacial score (nSPS) is 23.4. The van der Waals surface area contributed by atoms with Gasteiger partial charge in [0.15, 0.2) is 0 Å². The highest BCUT2D eigenvalue weighted by Gasteiger charge is 2.45. The van der Waals surface area contributed by atoms with Gasteiger partial charge in [0, 0.05) is 36.4 Å². The van der Waals surface area contributed by atoms with Crippen LogP contribution in [-0.2, 0) is 14.0 Å². The Kier molecular flexibility index (Phi) is 5.89. The lowest BCUT2D eigenvalue weighted by Crippen LogP contribution is -2.45. The second-order valence-corrected chi connectivity index (χ2v) is 10.4. The third-order valence-corrected chi connectivity index (χ3v) is 9.70. The SMILES string of the molecule is O=[P@](c1ccccc1)([C@H](c1cccs1)N1CCOCC1)N1CCOCC1. The van der Waals surface area contributed by atoms with Crippen molar-refractivity contribution >= 4 is 23.9 Å². The molecule has 0 bridgehead atoms. The first-order valence-corrected chi connectivity index (χ1v) is 11.7. The van der Waals surface area contributed by atoms with Crippen molar-refractivity contribution in [3.05, 3.63) is 52.7 Å². The molecule has 2 aliphatic heterocycles. The van der Waals surface area contributed by atoms with E-state index < -0.39 is 7.29 Å². The monoisotopic (exact) mass is 392 g/mol. The molecule has 2 saturated heterocycles. The molecule has 2 fully saturated rings. The highest BCUT2D eigenvalue weighted by molar-refractivity contribution is 7.69. The summed E-state index contributed by atoms with van der Waals surface area (Å²) in [6.45, 7) is 5.69. The second-order valence-electron chi connectivity index (χ2n) is 6.56. The summed E-state index contributed by atoms with van der Waals surface area (Å²) in [6.07, 6.45) is 0. The molecule has 1 aromatic heterocycles. The van der Waals surface area contributed by atoms with Crippen LogP contribution >= 0.6 is 18.6 Å². The number of rotatable bonds is 5. The molecular formula is C19H25N2O3PS. The van der Waals surface area contributed by atoms with Crippen LogP contribution in [-0.4, -0.2) is 62.2 Å². The molecule has 0 radical (unpaired) electrons. The third-order valence-electron chi connectivity index (χ3n) is 5.05. The minimum atomic E-state index is -2.88. The summed E-state index contributed by atoms with van der Waals surface area (Å²) >= 11 is 1.70. The van der Waals surface area contributed by atoms with Crippen molar-refractivity contribution in [2.24, 2.45) is 0 Å². The van der Waals surface area contributed by atoms with Crippen LogP contribution in [0.4, 0.5) is 0 Å². The van der Waals surface area contributed by atoms with Gasteiger partial charge < -0.3 is 9.47 Å². The molecule has 7 heteroatoms. The van der Waals surface area contributed by atoms with Crippen molar-refractivity contribution in [3.63, 3.8) is 0 Å². The predicted molar refractivity (Wildman–Crippen MR) is 106 cm³/mol. The standard InChI is InChI=1S/C19H25N2O3PS/c22-25(17-5-2-1-3-6-17,21-10-14-24-15-11-21)19(18-7-4-16-26-18)20-8-12-23-13-9-20/h1-7,16,19H,8-15H2/t19-,25-/m1/s1. The van der Waals surface area contributed by atoms with Gasteiger partial charge in [0.25, 0.3) is 0 Å². The van der Waals surface area contributed by atoms with E-state index in [2.05, 4.69) is 27.1 Å². The number of thiophene rings is 1. The number of nitrogens with zero attached hydrogens (tertiary/aromatic N) is 2. The van der Waals surface area contributed by atoms with Gasteiger partial charge in [-0.3, -0.25) is 9.46 Å². The summed E-state index contributed by atoms with van der Waals surface area (Å²) in [7, 11) is -2.88. The average Bonchev–Trinajstić information content (AvgIpc) is 3.24. The van der Waals surface area contributed by atoms with E-state index in [0.717, 1.165) is 18.4 Å². The Morgan fingerprint density at radius 3 is 2.15 bits per heavy atom. The molecule has 0 aliphatic carbocycles. The highest BCUT2D eigenvalue weighted by atomic mass is 32.1. The summed E-state index contributed by atoms with van der Waals surface area (Å²) in [5.74, 6) is -0.133. The van der Waals surface area contributed by atoms with Gasteiger partial charge in [-0.15, -0.1) is 11.3 Å².